The number of fused-ring (bicyclic) bond motifs is 3. The van der Waals surface area contributed by atoms with Gasteiger partial charge in [0.05, 0.1) is 26.9 Å². The van der Waals surface area contributed by atoms with Gasteiger partial charge in [-0.25, -0.2) is 0 Å². The lowest BCUT2D eigenvalue weighted by Crippen LogP contribution is -2.28. The molecule has 0 fully saturated rings. The SMILES string of the molecule is COc1cc(OC)c2c(=O)c3c(O)c4c(c(OC)c3oc2c1O)OC(C)(C)C=C4. The van der Waals surface area contributed by atoms with Gasteiger partial charge in [0.1, 0.15) is 27.9 Å². The molecule has 0 radical (unpaired) electrons. The zero-order valence-corrected chi connectivity index (χ0v) is 16.6. The van der Waals surface area contributed by atoms with E-state index in [9.17, 15) is 15.0 Å². The number of rotatable bonds is 3. The minimum Gasteiger partial charge on any atom is -0.506 e. The molecule has 1 aromatic heterocycles. The van der Waals surface area contributed by atoms with Gasteiger partial charge in [0.2, 0.25) is 16.9 Å². The van der Waals surface area contributed by atoms with Gasteiger partial charge in [0, 0.05) is 6.07 Å². The summed E-state index contributed by atoms with van der Waals surface area (Å²) in [5.41, 5.74) is -1.16. The van der Waals surface area contributed by atoms with Gasteiger partial charge >= 0.3 is 0 Å². The zero-order valence-electron chi connectivity index (χ0n) is 16.6. The third-order valence-electron chi connectivity index (χ3n) is 4.88. The van der Waals surface area contributed by atoms with Gasteiger partial charge in [-0.15, -0.1) is 0 Å². The Hall–Kier alpha value is -3.55. The van der Waals surface area contributed by atoms with Crippen LogP contribution in [0.5, 0.6) is 34.5 Å². The molecule has 0 amide bonds. The average Bonchev–Trinajstić information content (AvgIpc) is 2.68. The highest BCUT2D eigenvalue weighted by molar-refractivity contribution is 6.04. The van der Waals surface area contributed by atoms with E-state index in [1.165, 1.54) is 27.4 Å². The summed E-state index contributed by atoms with van der Waals surface area (Å²) in [6.07, 6.45) is 3.43. The average molecular weight is 400 g/mol. The summed E-state index contributed by atoms with van der Waals surface area (Å²) in [6.45, 7) is 3.68. The Kier molecular flexibility index (Phi) is 4.04. The van der Waals surface area contributed by atoms with Crippen LogP contribution in [0.2, 0.25) is 0 Å². The van der Waals surface area contributed by atoms with E-state index in [4.69, 9.17) is 23.4 Å². The van der Waals surface area contributed by atoms with Crippen molar-refractivity contribution in [1.29, 1.82) is 0 Å². The van der Waals surface area contributed by atoms with E-state index < -0.39 is 11.0 Å². The highest BCUT2D eigenvalue weighted by atomic mass is 16.5. The van der Waals surface area contributed by atoms with E-state index >= 15 is 0 Å². The molecule has 8 heteroatoms. The Labute approximate surface area is 165 Å². The molecule has 0 spiro atoms. The van der Waals surface area contributed by atoms with Crippen molar-refractivity contribution in [2.24, 2.45) is 0 Å². The molecule has 3 aromatic rings. The molecule has 29 heavy (non-hydrogen) atoms. The van der Waals surface area contributed by atoms with E-state index in [2.05, 4.69) is 0 Å². The summed E-state index contributed by atoms with van der Waals surface area (Å²) in [5, 5.41) is 21.3. The first kappa shape index (κ1) is 18.8. The van der Waals surface area contributed by atoms with E-state index in [1.807, 2.05) is 13.8 Å². The Morgan fingerprint density at radius 2 is 1.62 bits per heavy atom. The van der Waals surface area contributed by atoms with Crippen molar-refractivity contribution in [3.63, 3.8) is 0 Å². The molecular formula is C21H20O8. The van der Waals surface area contributed by atoms with Crippen molar-refractivity contribution in [1.82, 2.24) is 0 Å². The van der Waals surface area contributed by atoms with E-state index in [1.54, 1.807) is 12.2 Å². The third-order valence-corrected chi connectivity index (χ3v) is 4.88. The lowest BCUT2D eigenvalue weighted by Gasteiger charge is -2.29. The summed E-state index contributed by atoms with van der Waals surface area (Å²) in [7, 11) is 4.14. The summed E-state index contributed by atoms with van der Waals surface area (Å²) >= 11 is 0. The first-order chi connectivity index (χ1) is 13.7. The van der Waals surface area contributed by atoms with Crippen LogP contribution < -0.4 is 24.4 Å². The Morgan fingerprint density at radius 3 is 2.24 bits per heavy atom. The van der Waals surface area contributed by atoms with Crippen LogP contribution in [-0.2, 0) is 0 Å². The molecule has 0 unspecified atom stereocenters. The standard InChI is InChI=1S/C21H20O8/c1-21(2)7-6-9-14(22)13-16(24)12-10(25-3)8-11(26-4)15(23)18(12)28-19(13)20(27-5)17(9)29-21/h6-8,22-23H,1-5H3. The molecule has 1 aliphatic heterocycles. The summed E-state index contributed by atoms with van der Waals surface area (Å²) in [6, 6.07) is 1.37. The van der Waals surface area contributed by atoms with Crippen LogP contribution >= 0.6 is 0 Å². The third kappa shape index (κ3) is 2.55. The zero-order chi connectivity index (χ0) is 21.1. The number of phenolic OH excluding ortho intramolecular Hbond substituents is 2. The number of hydrogen-bond acceptors (Lipinski definition) is 8. The van der Waals surface area contributed by atoms with Crippen molar-refractivity contribution < 1.29 is 33.6 Å². The molecule has 0 atom stereocenters. The Bertz CT molecular complexity index is 1250. The second kappa shape index (κ2) is 6.23. The predicted molar refractivity (Wildman–Crippen MR) is 107 cm³/mol. The van der Waals surface area contributed by atoms with Crippen LogP contribution in [0.25, 0.3) is 28.0 Å². The number of aromatic hydroxyl groups is 2. The van der Waals surface area contributed by atoms with Crippen molar-refractivity contribution in [2.75, 3.05) is 21.3 Å². The van der Waals surface area contributed by atoms with E-state index in [0.717, 1.165) is 0 Å². The lowest BCUT2D eigenvalue weighted by atomic mass is 9.98. The molecule has 0 saturated heterocycles. The number of benzene rings is 2. The molecule has 152 valence electrons. The van der Waals surface area contributed by atoms with E-state index in [0.29, 0.717) is 5.56 Å². The monoisotopic (exact) mass is 400 g/mol. The van der Waals surface area contributed by atoms with Crippen LogP contribution in [0.3, 0.4) is 0 Å². The van der Waals surface area contributed by atoms with Gasteiger partial charge in [-0.05, 0) is 26.0 Å². The summed E-state index contributed by atoms with van der Waals surface area (Å²) in [4.78, 5) is 13.3. The highest BCUT2D eigenvalue weighted by Gasteiger charge is 2.32. The number of hydrogen-bond donors (Lipinski definition) is 2. The van der Waals surface area contributed by atoms with Crippen LogP contribution in [0.1, 0.15) is 19.4 Å². The predicted octanol–water partition coefficient (Wildman–Crippen LogP) is 3.57. The molecule has 2 heterocycles. The fraction of sp³-hybridized carbons (Fsp3) is 0.286. The molecule has 0 bridgehead atoms. The first-order valence-electron chi connectivity index (χ1n) is 8.79. The maximum absolute atomic E-state index is 13.3. The smallest absolute Gasteiger partial charge is 0.208 e. The van der Waals surface area contributed by atoms with Crippen LogP contribution in [0, 0.1) is 0 Å². The van der Waals surface area contributed by atoms with Gasteiger partial charge in [-0.1, -0.05) is 0 Å². The lowest BCUT2D eigenvalue weighted by molar-refractivity contribution is 0.152. The van der Waals surface area contributed by atoms with Crippen molar-refractivity contribution >= 4 is 28.0 Å². The highest BCUT2D eigenvalue weighted by Crippen LogP contribution is 2.50. The molecule has 0 aliphatic carbocycles. The van der Waals surface area contributed by atoms with Crippen molar-refractivity contribution in [2.45, 2.75) is 19.4 Å². The van der Waals surface area contributed by atoms with Crippen LogP contribution in [0.15, 0.2) is 21.4 Å². The summed E-state index contributed by atoms with van der Waals surface area (Å²) < 4.78 is 27.7. The molecular weight excluding hydrogens is 380 g/mol. The largest absolute Gasteiger partial charge is 0.506 e. The minimum absolute atomic E-state index is 0.0309. The quantitative estimate of drug-likeness (QED) is 0.643. The maximum atomic E-state index is 13.3. The second-order valence-corrected chi connectivity index (χ2v) is 7.13. The molecule has 0 saturated carbocycles. The molecule has 4 rings (SSSR count). The molecule has 2 aromatic carbocycles. The fourth-order valence-corrected chi connectivity index (χ4v) is 3.48. The molecule has 8 nitrogen and oxygen atoms in total. The van der Waals surface area contributed by atoms with Gasteiger partial charge in [0.25, 0.3) is 0 Å². The molecule has 2 N–H and O–H groups in total. The van der Waals surface area contributed by atoms with Gasteiger partial charge in [-0.3, -0.25) is 4.79 Å². The Morgan fingerprint density at radius 1 is 0.931 bits per heavy atom. The molecule has 1 aliphatic rings. The van der Waals surface area contributed by atoms with Gasteiger partial charge in [0.15, 0.2) is 22.7 Å². The summed E-state index contributed by atoms with van der Waals surface area (Å²) in [5.74, 6) is -0.113. The van der Waals surface area contributed by atoms with Gasteiger partial charge < -0.3 is 33.6 Å². The minimum atomic E-state index is -0.661. The van der Waals surface area contributed by atoms with E-state index in [-0.39, 0.29) is 56.4 Å². The maximum Gasteiger partial charge on any atom is 0.208 e. The topological polar surface area (TPSA) is 108 Å². The fourth-order valence-electron chi connectivity index (χ4n) is 3.48. The second-order valence-electron chi connectivity index (χ2n) is 7.13. The van der Waals surface area contributed by atoms with Gasteiger partial charge in [-0.2, -0.15) is 0 Å². The van der Waals surface area contributed by atoms with Crippen molar-refractivity contribution in [3.8, 4) is 34.5 Å². The van der Waals surface area contributed by atoms with Crippen LogP contribution in [-0.4, -0.2) is 37.1 Å². The number of ether oxygens (including phenoxy) is 4. The first-order valence-corrected chi connectivity index (χ1v) is 8.79. The normalized spacial score (nSPS) is 14.5. The van der Waals surface area contributed by atoms with Crippen molar-refractivity contribution in [3.05, 3.63) is 27.9 Å². The number of methoxy groups -OCH3 is 3. The Balaban J connectivity index is 2.26. The van der Waals surface area contributed by atoms with Crippen LogP contribution in [0.4, 0.5) is 0 Å². The number of phenols is 2.